The largest absolute Gasteiger partial charge is 0.489 e. The van der Waals surface area contributed by atoms with Crippen molar-refractivity contribution in [2.75, 3.05) is 4.72 Å². The molecule has 0 radical (unpaired) electrons. The number of pyridine rings is 1. The molecular formula is C21H23ClN4O3S. The Labute approximate surface area is 180 Å². The summed E-state index contributed by atoms with van der Waals surface area (Å²) in [4.78, 5) is 0. The van der Waals surface area contributed by atoms with Gasteiger partial charge in [0.1, 0.15) is 12.4 Å². The Morgan fingerprint density at radius 3 is 2.67 bits per heavy atom. The fraction of sp³-hybridized carbons (Fsp3) is 0.429. The molecule has 2 aliphatic carbocycles. The second-order valence-corrected chi connectivity index (χ2v) is 11.2. The number of aromatic nitrogens is 3. The van der Waals surface area contributed by atoms with Crippen molar-refractivity contribution in [3.63, 3.8) is 0 Å². The maximum atomic E-state index is 12.6. The molecule has 0 saturated heterocycles. The maximum Gasteiger partial charge on any atom is 0.242 e. The van der Waals surface area contributed by atoms with E-state index in [0.717, 1.165) is 29.5 Å². The van der Waals surface area contributed by atoms with Crippen LogP contribution in [0.5, 0.6) is 5.75 Å². The van der Waals surface area contributed by atoms with Crippen molar-refractivity contribution in [3.8, 4) is 5.75 Å². The Hall–Kier alpha value is -2.32. The van der Waals surface area contributed by atoms with Crippen LogP contribution in [0.1, 0.15) is 55.2 Å². The molecule has 7 nitrogen and oxygen atoms in total. The zero-order valence-electron chi connectivity index (χ0n) is 16.9. The van der Waals surface area contributed by atoms with Gasteiger partial charge < -0.3 is 4.74 Å². The summed E-state index contributed by atoms with van der Waals surface area (Å²) in [6.45, 7) is 4.11. The molecule has 0 atom stereocenters. The molecule has 2 aliphatic rings. The highest BCUT2D eigenvalue weighted by Gasteiger charge is 2.50. The Bertz CT molecular complexity index is 1230. The third kappa shape index (κ3) is 3.63. The molecule has 3 aromatic rings. The summed E-state index contributed by atoms with van der Waals surface area (Å²) in [6.07, 6.45) is 5.49. The van der Waals surface area contributed by atoms with Crippen LogP contribution in [-0.2, 0) is 16.6 Å². The molecule has 30 heavy (non-hydrogen) atoms. The quantitative estimate of drug-likeness (QED) is 0.579. The topological polar surface area (TPSA) is 85.6 Å². The molecule has 1 aromatic carbocycles. The molecule has 5 rings (SSSR count). The molecule has 0 unspecified atom stereocenters. The molecule has 9 heteroatoms. The number of nitrogens with one attached hydrogen (secondary N) is 1. The summed E-state index contributed by atoms with van der Waals surface area (Å²) in [5, 5.41) is 8.91. The third-order valence-electron chi connectivity index (χ3n) is 5.92. The van der Waals surface area contributed by atoms with Gasteiger partial charge in [-0.2, -0.15) is 0 Å². The lowest BCUT2D eigenvalue weighted by Gasteiger charge is -2.14. The van der Waals surface area contributed by atoms with Gasteiger partial charge in [-0.1, -0.05) is 11.6 Å². The van der Waals surface area contributed by atoms with Gasteiger partial charge in [-0.25, -0.2) is 8.42 Å². The van der Waals surface area contributed by atoms with Crippen molar-refractivity contribution >= 4 is 33.2 Å². The summed E-state index contributed by atoms with van der Waals surface area (Å²) in [6, 6.07) is 7.56. The number of ether oxygens (including phenoxy) is 1. The van der Waals surface area contributed by atoms with E-state index in [-0.39, 0.29) is 5.95 Å². The van der Waals surface area contributed by atoms with Gasteiger partial charge >= 0.3 is 0 Å². The lowest BCUT2D eigenvalue weighted by atomic mass is 10.1. The van der Waals surface area contributed by atoms with Crippen LogP contribution in [-0.4, -0.2) is 27.8 Å². The minimum atomic E-state index is -3.49. The third-order valence-corrected chi connectivity index (χ3v) is 8.30. The summed E-state index contributed by atoms with van der Waals surface area (Å²) in [5.74, 6) is 1.40. The van der Waals surface area contributed by atoms with Crippen LogP contribution >= 0.6 is 11.6 Å². The van der Waals surface area contributed by atoms with Crippen molar-refractivity contribution < 1.29 is 13.2 Å². The molecule has 2 saturated carbocycles. The zero-order chi connectivity index (χ0) is 21.1. The van der Waals surface area contributed by atoms with Gasteiger partial charge in [-0.3, -0.25) is 9.12 Å². The summed E-state index contributed by atoms with van der Waals surface area (Å²) in [5.41, 5.74) is 3.78. The molecule has 2 aromatic heterocycles. The van der Waals surface area contributed by atoms with Crippen LogP contribution < -0.4 is 9.46 Å². The van der Waals surface area contributed by atoms with Crippen LogP contribution in [0.2, 0.25) is 5.02 Å². The Balaban J connectivity index is 1.45. The van der Waals surface area contributed by atoms with Gasteiger partial charge in [0.15, 0.2) is 5.65 Å². The number of anilines is 1. The predicted molar refractivity (Wildman–Crippen MR) is 116 cm³/mol. The highest BCUT2D eigenvalue weighted by atomic mass is 35.5. The number of rotatable bonds is 7. The summed E-state index contributed by atoms with van der Waals surface area (Å²) in [7, 11) is -3.49. The maximum absolute atomic E-state index is 12.6. The molecule has 0 spiro atoms. The molecular weight excluding hydrogens is 424 g/mol. The summed E-state index contributed by atoms with van der Waals surface area (Å²) >= 11 is 6.14. The Morgan fingerprint density at radius 2 is 2.00 bits per heavy atom. The van der Waals surface area contributed by atoms with E-state index in [0.29, 0.717) is 41.8 Å². The van der Waals surface area contributed by atoms with Gasteiger partial charge in [0, 0.05) is 11.2 Å². The number of hydrogen-bond acceptors (Lipinski definition) is 5. The van der Waals surface area contributed by atoms with Gasteiger partial charge in [0.25, 0.3) is 0 Å². The number of hydrogen-bond donors (Lipinski definition) is 1. The van der Waals surface area contributed by atoms with Crippen LogP contribution in [0.25, 0.3) is 5.65 Å². The normalized spacial score (nSPS) is 17.8. The second kappa shape index (κ2) is 6.85. The minimum Gasteiger partial charge on any atom is -0.489 e. The van der Waals surface area contributed by atoms with Crippen molar-refractivity contribution in [1.82, 2.24) is 14.6 Å². The van der Waals surface area contributed by atoms with Crippen molar-refractivity contribution in [1.29, 1.82) is 0 Å². The molecule has 2 heterocycles. The second-order valence-electron chi connectivity index (χ2n) is 8.59. The van der Waals surface area contributed by atoms with E-state index in [1.54, 1.807) is 17.4 Å². The first kappa shape index (κ1) is 19.6. The van der Waals surface area contributed by atoms with E-state index in [4.69, 9.17) is 16.3 Å². The SMILES string of the molecule is Cc1cc(Cl)cc(OCc2cc3nnc(NS(=O)(=O)C4(C)CC4)n3cc2C2CC2)c1. The molecule has 158 valence electrons. The number of aryl methyl sites for hydroxylation is 1. The monoisotopic (exact) mass is 446 g/mol. The number of nitrogens with zero attached hydrogens (tertiary/aromatic N) is 3. The lowest BCUT2D eigenvalue weighted by Crippen LogP contribution is -2.27. The Morgan fingerprint density at radius 1 is 1.23 bits per heavy atom. The number of halogens is 1. The van der Waals surface area contributed by atoms with Gasteiger partial charge in [0.05, 0.1) is 4.75 Å². The summed E-state index contributed by atoms with van der Waals surface area (Å²) < 4.78 is 34.9. The van der Waals surface area contributed by atoms with E-state index >= 15 is 0 Å². The molecule has 2 fully saturated rings. The van der Waals surface area contributed by atoms with Crippen molar-refractivity contribution in [2.24, 2.45) is 0 Å². The first-order valence-electron chi connectivity index (χ1n) is 10.0. The predicted octanol–water partition coefficient (Wildman–Crippen LogP) is 4.44. The van der Waals surface area contributed by atoms with Crippen LogP contribution in [0.15, 0.2) is 30.5 Å². The minimum absolute atomic E-state index is 0.234. The first-order chi connectivity index (χ1) is 14.2. The average Bonchev–Trinajstić information content (AvgIpc) is 3.60. The number of fused-ring (bicyclic) bond motifs is 1. The van der Waals surface area contributed by atoms with E-state index in [2.05, 4.69) is 14.9 Å². The van der Waals surface area contributed by atoms with E-state index in [1.165, 1.54) is 0 Å². The van der Waals surface area contributed by atoms with Crippen LogP contribution in [0.4, 0.5) is 5.95 Å². The van der Waals surface area contributed by atoms with E-state index < -0.39 is 14.8 Å². The highest BCUT2D eigenvalue weighted by Crippen LogP contribution is 2.44. The van der Waals surface area contributed by atoms with Crippen molar-refractivity contribution in [3.05, 3.63) is 52.2 Å². The molecule has 0 aliphatic heterocycles. The van der Waals surface area contributed by atoms with E-state index in [9.17, 15) is 8.42 Å². The molecule has 0 bridgehead atoms. The van der Waals surface area contributed by atoms with Crippen molar-refractivity contribution in [2.45, 2.75) is 56.8 Å². The first-order valence-corrected chi connectivity index (χ1v) is 11.9. The Kier molecular flexibility index (Phi) is 4.48. The van der Waals surface area contributed by atoms with Gasteiger partial charge in [-0.15, -0.1) is 10.2 Å². The fourth-order valence-corrected chi connectivity index (χ4v) is 5.13. The van der Waals surface area contributed by atoms with E-state index in [1.807, 2.05) is 31.3 Å². The lowest BCUT2D eigenvalue weighted by molar-refractivity contribution is 0.304. The standard InChI is InChI=1S/C21H23ClN4O3S/c1-13-7-16(22)10-17(8-13)29-12-15-9-19-23-24-20(25-30(27,28)21(2)5-6-21)26(19)11-18(15)14-3-4-14/h7-11,14H,3-6,12H2,1-2H3,(H,24,25). The van der Waals surface area contributed by atoms with Gasteiger partial charge in [0.2, 0.25) is 16.0 Å². The molecule has 1 N–H and O–H groups in total. The smallest absolute Gasteiger partial charge is 0.242 e. The zero-order valence-corrected chi connectivity index (χ0v) is 18.4. The molecule has 0 amide bonds. The van der Waals surface area contributed by atoms with Crippen LogP contribution in [0.3, 0.4) is 0 Å². The number of benzene rings is 1. The average molecular weight is 447 g/mol. The highest BCUT2D eigenvalue weighted by molar-refractivity contribution is 7.94. The van der Waals surface area contributed by atoms with Gasteiger partial charge in [-0.05, 0) is 86.4 Å². The van der Waals surface area contributed by atoms with Crippen LogP contribution in [0, 0.1) is 6.92 Å². The number of sulfonamides is 1. The fourth-order valence-electron chi connectivity index (χ4n) is 3.58.